The van der Waals surface area contributed by atoms with Gasteiger partial charge >= 0.3 is 0 Å². The predicted molar refractivity (Wildman–Crippen MR) is 83.4 cm³/mol. The molecule has 0 saturated carbocycles. The Labute approximate surface area is 125 Å². The van der Waals surface area contributed by atoms with E-state index in [1.54, 1.807) is 14.2 Å². The van der Waals surface area contributed by atoms with Crippen molar-refractivity contribution in [1.82, 2.24) is 10.6 Å². The van der Waals surface area contributed by atoms with Gasteiger partial charge in [0.15, 0.2) is 0 Å². The number of hydrogen-bond acceptors (Lipinski definition) is 3. The molecule has 0 atom stereocenters. The van der Waals surface area contributed by atoms with E-state index in [1.807, 2.05) is 48.5 Å². The van der Waals surface area contributed by atoms with Crippen molar-refractivity contribution in [3.05, 3.63) is 65.2 Å². The molecule has 2 rings (SSSR count). The summed E-state index contributed by atoms with van der Waals surface area (Å²) in [5.74, 6) is 0.802. The molecule has 0 bridgehead atoms. The van der Waals surface area contributed by atoms with Gasteiger partial charge < -0.3 is 15.4 Å². The lowest BCUT2D eigenvalue weighted by atomic mass is 10.1. The summed E-state index contributed by atoms with van der Waals surface area (Å²) >= 11 is 0. The summed E-state index contributed by atoms with van der Waals surface area (Å²) in [4.78, 5) is 11.4. The third-order valence-corrected chi connectivity index (χ3v) is 3.26. The highest BCUT2D eigenvalue weighted by molar-refractivity contribution is 5.93. The van der Waals surface area contributed by atoms with Crippen LogP contribution in [0.15, 0.2) is 48.5 Å². The molecular weight excluding hydrogens is 264 g/mol. The minimum Gasteiger partial charge on any atom is -0.497 e. The number of methoxy groups -OCH3 is 1. The summed E-state index contributed by atoms with van der Waals surface area (Å²) in [5, 5.41) is 5.99. The summed E-state index contributed by atoms with van der Waals surface area (Å²) < 4.78 is 5.13. The average molecular weight is 284 g/mol. The first-order valence-electron chi connectivity index (χ1n) is 6.87. The van der Waals surface area contributed by atoms with Crippen LogP contribution in [0.3, 0.4) is 0 Å². The van der Waals surface area contributed by atoms with Crippen molar-refractivity contribution in [1.29, 1.82) is 0 Å². The molecule has 0 aliphatic rings. The smallest absolute Gasteiger partial charge is 0.251 e. The Kier molecular flexibility index (Phi) is 5.35. The van der Waals surface area contributed by atoms with Crippen molar-refractivity contribution in [2.24, 2.45) is 0 Å². The molecule has 0 heterocycles. The molecule has 0 aromatic heterocycles. The molecule has 2 N–H and O–H groups in total. The SMILES string of the molecule is CNC(=O)c1ccc(CNCc2ccc(OC)cc2)cc1. The molecule has 2 aromatic rings. The standard InChI is InChI=1S/C17H20N2O2/c1-18-17(20)15-7-3-13(4-8-15)11-19-12-14-5-9-16(21-2)10-6-14/h3-10,19H,11-12H2,1-2H3,(H,18,20). The van der Waals surface area contributed by atoms with Crippen LogP contribution in [0.2, 0.25) is 0 Å². The molecule has 0 aliphatic carbocycles. The fourth-order valence-electron chi connectivity index (χ4n) is 2.01. The van der Waals surface area contributed by atoms with Crippen molar-refractivity contribution in [3.63, 3.8) is 0 Å². The lowest BCUT2D eigenvalue weighted by molar-refractivity contribution is 0.0963. The molecule has 0 fully saturated rings. The third kappa shape index (κ3) is 4.33. The van der Waals surface area contributed by atoms with Crippen LogP contribution in [0, 0.1) is 0 Å². The van der Waals surface area contributed by atoms with Crippen molar-refractivity contribution >= 4 is 5.91 Å². The second kappa shape index (κ2) is 7.45. The molecule has 2 aromatic carbocycles. The maximum atomic E-state index is 11.4. The molecule has 0 saturated heterocycles. The van der Waals surface area contributed by atoms with Gasteiger partial charge in [0.25, 0.3) is 5.91 Å². The van der Waals surface area contributed by atoms with Crippen molar-refractivity contribution < 1.29 is 9.53 Å². The Morgan fingerprint density at radius 1 is 0.952 bits per heavy atom. The van der Waals surface area contributed by atoms with Crippen LogP contribution in [0.4, 0.5) is 0 Å². The Morgan fingerprint density at radius 3 is 1.95 bits per heavy atom. The van der Waals surface area contributed by atoms with Crippen LogP contribution in [0.5, 0.6) is 5.75 Å². The van der Waals surface area contributed by atoms with Crippen molar-refractivity contribution in [2.45, 2.75) is 13.1 Å². The molecule has 0 unspecified atom stereocenters. The van der Waals surface area contributed by atoms with Crippen molar-refractivity contribution in [2.75, 3.05) is 14.2 Å². The largest absolute Gasteiger partial charge is 0.497 e. The van der Waals surface area contributed by atoms with Crippen LogP contribution in [-0.2, 0) is 13.1 Å². The Balaban J connectivity index is 1.83. The second-order valence-electron chi connectivity index (χ2n) is 4.73. The molecule has 4 nitrogen and oxygen atoms in total. The Hall–Kier alpha value is -2.33. The van der Waals surface area contributed by atoms with Gasteiger partial charge in [-0.2, -0.15) is 0 Å². The van der Waals surface area contributed by atoms with Gasteiger partial charge in [0.05, 0.1) is 7.11 Å². The molecule has 0 aliphatic heterocycles. The number of carbonyl (C=O) groups is 1. The van der Waals surface area contributed by atoms with E-state index in [2.05, 4.69) is 10.6 Å². The highest BCUT2D eigenvalue weighted by atomic mass is 16.5. The highest BCUT2D eigenvalue weighted by Gasteiger charge is 2.02. The molecule has 4 heteroatoms. The zero-order chi connectivity index (χ0) is 15.1. The highest BCUT2D eigenvalue weighted by Crippen LogP contribution is 2.11. The number of rotatable bonds is 6. The predicted octanol–water partition coefficient (Wildman–Crippen LogP) is 2.34. The number of carbonyl (C=O) groups excluding carboxylic acids is 1. The summed E-state index contributed by atoms with van der Waals surface area (Å²) in [5.41, 5.74) is 3.03. The van der Waals surface area contributed by atoms with Gasteiger partial charge in [-0.3, -0.25) is 4.79 Å². The van der Waals surface area contributed by atoms with E-state index >= 15 is 0 Å². The van der Waals surface area contributed by atoms with Crippen LogP contribution in [0.1, 0.15) is 21.5 Å². The van der Waals surface area contributed by atoms with E-state index in [9.17, 15) is 4.79 Å². The maximum Gasteiger partial charge on any atom is 0.251 e. The first-order valence-corrected chi connectivity index (χ1v) is 6.87. The molecule has 0 radical (unpaired) electrons. The van der Waals surface area contributed by atoms with Crippen LogP contribution >= 0.6 is 0 Å². The van der Waals surface area contributed by atoms with Gasteiger partial charge in [-0.05, 0) is 35.4 Å². The maximum absolute atomic E-state index is 11.4. The fraction of sp³-hybridized carbons (Fsp3) is 0.235. The number of amides is 1. The number of benzene rings is 2. The normalized spacial score (nSPS) is 10.2. The van der Waals surface area contributed by atoms with Gasteiger partial charge in [0.1, 0.15) is 5.75 Å². The minimum absolute atomic E-state index is 0.0623. The van der Waals surface area contributed by atoms with E-state index in [0.29, 0.717) is 5.56 Å². The molecule has 21 heavy (non-hydrogen) atoms. The van der Waals surface area contributed by atoms with Gasteiger partial charge in [0, 0.05) is 25.7 Å². The zero-order valence-electron chi connectivity index (χ0n) is 12.3. The summed E-state index contributed by atoms with van der Waals surface area (Å²) in [7, 11) is 3.29. The average Bonchev–Trinajstić information content (AvgIpc) is 2.55. The van der Waals surface area contributed by atoms with Crippen LogP contribution < -0.4 is 15.4 Å². The fourth-order valence-corrected chi connectivity index (χ4v) is 2.01. The Morgan fingerprint density at radius 2 is 1.48 bits per heavy atom. The van der Waals surface area contributed by atoms with E-state index < -0.39 is 0 Å². The zero-order valence-corrected chi connectivity index (χ0v) is 12.3. The summed E-state index contributed by atoms with van der Waals surface area (Å²) in [6.45, 7) is 1.56. The lowest BCUT2D eigenvalue weighted by Crippen LogP contribution is -2.18. The van der Waals surface area contributed by atoms with Gasteiger partial charge in [-0.1, -0.05) is 24.3 Å². The number of hydrogen-bond donors (Lipinski definition) is 2. The first-order chi connectivity index (χ1) is 10.2. The van der Waals surface area contributed by atoms with Gasteiger partial charge in [0.2, 0.25) is 0 Å². The quantitative estimate of drug-likeness (QED) is 0.856. The lowest BCUT2D eigenvalue weighted by Gasteiger charge is -2.07. The minimum atomic E-state index is -0.0623. The monoisotopic (exact) mass is 284 g/mol. The van der Waals surface area contributed by atoms with Gasteiger partial charge in [-0.15, -0.1) is 0 Å². The van der Waals surface area contributed by atoms with Crippen LogP contribution in [0.25, 0.3) is 0 Å². The number of ether oxygens (including phenoxy) is 1. The van der Waals surface area contributed by atoms with E-state index in [0.717, 1.165) is 24.4 Å². The van der Waals surface area contributed by atoms with E-state index in [1.165, 1.54) is 5.56 Å². The molecular formula is C17H20N2O2. The number of nitrogens with one attached hydrogen (secondary N) is 2. The molecule has 0 spiro atoms. The van der Waals surface area contributed by atoms with E-state index in [4.69, 9.17) is 4.74 Å². The van der Waals surface area contributed by atoms with Gasteiger partial charge in [-0.25, -0.2) is 0 Å². The topological polar surface area (TPSA) is 50.4 Å². The summed E-state index contributed by atoms with van der Waals surface area (Å²) in [6.07, 6.45) is 0. The van der Waals surface area contributed by atoms with Crippen molar-refractivity contribution in [3.8, 4) is 5.75 Å². The van der Waals surface area contributed by atoms with Crippen LogP contribution in [-0.4, -0.2) is 20.1 Å². The third-order valence-electron chi connectivity index (χ3n) is 3.26. The summed E-state index contributed by atoms with van der Waals surface area (Å²) in [6, 6.07) is 15.6. The second-order valence-corrected chi connectivity index (χ2v) is 4.73. The van der Waals surface area contributed by atoms with E-state index in [-0.39, 0.29) is 5.91 Å². The Bertz CT molecular complexity index is 577. The first kappa shape index (κ1) is 15.1. The molecule has 1 amide bonds. The molecule has 110 valence electrons.